The van der Waals surface area contributed by atoms with Crippen LogP contribution in [0.1, 0.15) is 26.7 Å². The number of likely N-dealkylation sites (N-methyl/N-ethyl adjacent to an activating group) is 1. The Balaban J connectivity index is 2.10. The van der Waals surface area contributed by atoms with E-state index in [1.54, 1.807) is 0 Å². The molecule has 0 atom stereocenters. The van der Waals surface area contributed by atoms with Gasteiger partial charge >= 0.3 is 11.8 Å². The maximum Gasteiger partial charge on any atom is 0.309 e. The average molecular weight is 227 g/mol. The minimum Gasteiger partial charge on any atom is -0.347 e. The predicted molar refractivity (Wildman–Crippen MR) is 62.0 cm³/mol. The molecule has 1 aliphatic carbocycles. The second kappa shape index (κ2) is 6.48. The van der Waals surface area contributed by atoms with Crippen LogP contribution in [0.5, 0.6) is 0 Å². The molecule has 16 heavy (non-hydrogen) atoms. The van der Waals surface area contributed by atoms with E-state index in [1.807, 2.05) is 0 Å². The summed E-state index contributed by atoms with van der Waals surface area (Å²) in [7, 11) is 0. The molecule has 0 radical (unpaired) electrons. The molecule has 1 aliphatic rings. The molecule has 1 rings (SSSR count). The highest BCUT2D eigenvalue weighted by atomic mass is 16.2. The lowest BCUT2D eigenvalue weighted by molar-refractivity contribution is -0.139. The number of hydrogen-bond acceptors (Lipinski definition) is 3. The largest absolute Gasteiger partial charge is 0.347 e. The molecular weight excluding hydrogens is 206 g/mol. The number of nitrogens with one attached hydrogen (secondary N) is 2. The Labute approximate surface area is 96.6 Å². The smallest absolute Gasteiger partial charge is 0.309 e. The number of carbonyl (C=O) groups is 2. The fraction of sp³-hybridized carbons (Fsp3) is 0.818. The maximum atomic E-state index is 11.3. The second-order valence-corrected chi connectivity index (χ2v) is 4.03. The average Bonchev–Trinajstić information content (AvgIpc) is 3.08. The van der Waals surface area contributed by atoms with Crippen molar-refractivity contribution >= 4 is 11.8 Å². The van der Waals surface area contributed by atoms with Gasteiger partial charge in [-0.3, -0.25) is 9.59 Å². The molecule has 92 valence electrons. The molecule has 0 aromatic rings. The lowest BCUT2D eigenvalue weighted by atomic mass is 10.4. The van der Waals surface area contributed by atoms with E-state index in [9.17, 15) is 9.59 Å². The van der Waals surface area contributed by atoms with E-state index < -0.39 is 11.8 Å². The van der Waals surface area contributed by atoms with Crippen molar-refractivity contribution in [2.24, 2.45) is 0 Å². The molecular formula is C11H21N3O2. The van der Waals surface area contributed by atoms with E-state index in [0.717, 1.165) is 32.5 Å². The highest BCUT2D eigenvalue weighted by Crippen LogP contribution is 2.18. The Bertz CT molecular complexity index is 248. The van der Waals surface area contributed by atoms with Crippen LogP contribution in [0.25, 0.3) is 0 Å². The SMILES string of the molecule is CCN(CC)CCNC(=O)C(=O)NC1CC1. The van der Waals surface area contributed by atoms with Gasteiger partial charge in [0.25, 0.3) is 0 Å². The predicted octanol–water partition coefficient (Wildman–Crippen LogP) is -0.277. The Kier molecular flexibility index (Phi) is 5.25. The summed E-state index contributed by atoms with van der Waals surface area (Å²) in [5.74, 6) is -1.01. The first-order valence-electron chi connectivity index (χ1n) is 5.98. The second-order valence-electron chi connectivity index (χ2n) is 4.03. The van der Waals surface area contributed by atoms with Gasteiger partial charge in [-0.15, -0.1) is 0 Å². The van der Waals surface area contributed by atoms with Crippen LogP contribution < -0.4 is 10.6 Å². The molecule has 0 aliphatic heterocycles. The van der Waals surface area contributed by atoms with Crippen molar-refractivity contribution in [2.45, 2.75) is 32.7 Å². The van der Waals surface area contributed by atoms with Gasteiger partial charge in [0.1, 0.15) is 0 Å². The molecule has 2 amide bonds. The highest BCUT2D eigenvalue weighted by molar-refractivity contribution is 6.35. The summed E-state index contributed by atoms with van der Waals surface area (Å²) in [5, 5.41) is 5.28. The highest BCUT2D eigenvalue weighted by Gasteiger charge is 2.26. The maximum absolute atomic E-state index is 11.3. The van der Waals surface area contributed by atoms with Gasteiger partial charge in [-0.25, -0.2) is 0 Å². The molecule has 1 saturated carbocycles. The van der Waals surface area contributed by atoms with Crippen molar-refractivity contribution in [1.82, 2.24) is 15.5 Å². The first-order valence-corrected chi connectivity index (χ1v) is 5.98. The molecule has 5 nitrogen and oxygen atoms in total. The first kappa shape index (κ1) is 13.0. The summed E-state index contributed by atoms with van der Waals surface area (Å²) in [6.45, 7) is 7.38. The van der Waals surface area contributed by atoms with E-state index in [1.165, 1.54) is 0 Å². The number of nitrogens with zero attached hydrogens (tertiary/aromatic N) is 1. The van der Waals surface area contributed by atoms with Crippen LogP contribution in [0.3, 0.4) is 0 Å². The van der Waals surface area contributed by atoms with E-state index in [-0.39, 0.29) is 6.04 Å². The van der Waals surface area contributed by atoms with Crippen LogP contribution in [0.4, 0.5) is 0 Å². The van der Waals surface area contributed by atoms with Crippen molar-refractivity contribution in [3.8, 4) is 0 Å². The Morgan fingerprint density at radius 1 is 1.19 bits per heavy atom. The molecule has 1 fully saturated rings. The third-order valence-electron chi connectivity index (χ3n) is 2.73. The summed E-state index contributed by atoms with van der Waals surface area (Å²) in [4.78, 5) is 24.8. The minimum absolute atomic E-state index is 0.237. The molecule has 2 N–H and O–H groups in total. The van der Waals surface area contributed by atoms with Crippen molar-refractivity contribution in [3.63, 3.8) is 0 Å². The Morgan fingerprint density at radius 2 is 1.81 bits per heavy atom. The van der Waals surface area contributed by atoms with Gasteiger partial charge in [0, 0.05) is 19.1 Å². The number of rotatable bonds is 6. The fourth-order valence-corrected chi connectivity index (χ4v) is 1.43. The molecule has 0 bridgehead atoms. The topological polar surface area (TPSA) is 61.4 Å². The van der Waals surface area contributed by atoms with E-state index >= 15 is 0 Å². The van der Waals surface area contributed by atoms with Gasteiger partial charge in [0.2, 0.25) is 0 Å². The van der Waals surface area contributed by atoms with Gasteiger partial charge in [0.05, 0.1) is 0 Å². The van der Waals surface area contributed by atoms with Crippen molar-refractivity contribution in [3.05, 3.63) is 0 Å². The van der Waals surface area contributed by atoms with Crippen LogP contribution in [-0.4, -0.2) is 48.9 Å². The standard InChI is InChI=1S/C11H21N3O2/c1-3-14(4-2)8-7-12-10(15)11(16)13-9-5-6-9/h9H,3-8H2,1-2H3,(H,12,15)(H,13,16). The molecule has 0 saturated heterocycles. The van der Waals surface area contributed by atoms with Crippen molar-refractivity contribution in [1.29, 1.82) is 0 Å². The van der Waals surface area contributed by atoms with Gasteiger partial charge in [-0.2, -0.15) is 0 Å². The molecule has 5 heteroatoms. The van der Waals surface area contributed by atoms with E-state index in [4.69, 9.17) is 0 Å². The zero-order valence-corrected chi connectivity index (χ0v) is 10.1. The van der Waals surface area contributed by atoms with Crippen LogP contribution in [0, 0.1) is 0 Å². The summed E-state index contributed by atoms with van der Waals surface area (Å²) >= 11 is 0. The monoisotopic (exact) mass is 227 g/mol. The van der Waals surface area contributed by atoms with Crippen molar-refractivity contribution in [2.75, 3.05) is 26.2 Å². The summed E-state index contributed by atoms with van der Waals surface area (Å²) < 4.78 is 0. The van der Waals surface area contributed by atoms with Gasteiger partial charge in [-0.05, 0) is 25.9 Å². The summed E-state index contributed by atoms with van der Waals surface area (Å²) in [6, 6.07) is 0.237. The Morgan fingerprint density at radius 3 is 2.31 bits per heavy atom. The number of hydrogen-bond donors (Lipinski definition) is 2. The molecule has 0 heterocycles. The third kappa shape index (κ3) is 4.61. The fourth-order valence-electron chi connectivity index (χ4n) is 1.43. The lowest BCUT2D eigenvalue weighted by Crippen LogP contribution is -2.43. The van der Waals surface area contributed by atoms with Crippen molar-refractivity contribution < 1.29 is 9.59 Å². The summed E-state index contributed by atoms with van der Waals surface area (Å²) in [5.41, 5.74) is 0. The number of amides is 2. The van der Waals surface area contributed by atoms with Crippen LogP contribution in [0.2, 0.25) is 0 Å². The van der Waals surface area contributed by atoms with E-state index in [2.05, 4.69) is 29.4 Å². The zero-order chi connectivity index (χ0) is 12.0. The third-order valence-corrected chi connectivity index (χ3v) is 2.73. The normalized spacial score (nSPS) is 14.9. The first-order chi connectivity index (χ1) is 7.67. The van der Waals surface area contributed by atoms with Gasteiger partial charge in [0.15, 0.2) is 0 Å². The number of carbonyl (C=O) groups excluding carboxylic acids is 2. The molecule has 0 spiro atoms. The Hall–Kier alpha value is -1.10. The zero-order valence-electron chi connectivity index (χ0n) is 10.1. The van der Waals surface area contributed by atoms with Crippen LogP contribution >= 0.6 is 0 Å². The van der Waals surface area contributed by atoms with E-state index in [0.29, 0.717) is 6.54 Å². The van der Waals surface area contributed by atoms with Gasteiger partial charge in [-0.1, -0.05) is 13.8 Å². The molecule has 0 aromatic heterocycles. The molecule has 0 aromatic carbocycles. The van der Waals surface area contributed by atoms with Gasteiger partial charge < -0.3 is 15.5 Å². The quantitative estimate of drug-likeness (QED) is 0.614. The molecule has 0 unspecified atom stereocenters. The van der Waals surface area contributed by atoms with Crippen LogP contribution in [0.15, 0.2) is 0 Å². The minimum atomic E-state index is -0.515. The lowest BCUT2D eigenvalue weighted by Gasteiger charge is -2.17. The summed E-state index contributed by atoms with van der Waals surface area (Å²) in [6.07, 6.45) is 2.00. The van der Waals surface area contributed by atoms with Crippen LogP contribution in [-0.2, 0) is 9.59 Å².